The molecular weight excluding hydrogens is 326 g/mol. The number of aryl methyl sites for hydroxylation is 1. The minimum atomic E-state index is -0.936. The summed E-state index contributed by atoms with van der Waals surface area (Å²) in [6.07, 6.45) is 2.47. The molecule has 25 heavy (non-hydrogen) atoms. The quantitative estimate of drug-likeness (QED) is 0.772. The van der Waals surface area contributed by atoms with Crippen LogP contribution in [-0.4, -0.2) is 14.1 Å². The second-order valence-electron chi connectivity index (χ2n) is 6.51. The Bertz CT molecular complexity index is 975. The van der Waals surface area contributed by atoms with Crippen molar-refractivity contribution in [1.82, 2.24) is 14.1 Å². The third-order valence-electron chi connectivity index (χ3n) is 4.16. The summed E-state index contributed by atoms with van der Waals surface area (Å²) < 4.78 is 30.5. The molecule has 2 aromatic heterocycles. The summed E-state index contributed by atoms with van der Waals surface area (Å²) in [5.41, 5.74) is 6.38. The fourth-order valence-electron chi connectivity index (χ4n) is 2.76. The van der Waals surface area contributed by atoms with E-state index in [0.29, 0.717) is 29.3 Å². The number of fused-ring (bicyclic) bond motifs is 1. The predicted octanol–water partition coefficient (Wildman–Crippen LogP) is 3.15. The van der Waals surface area contributed by atoms with Gasteiger partial charge in [0.15, 0.2) is 11.6 Å². The number of halogens is 2. The monoisotopic (exact) mass is 346 g/mol. The molecule has 5 nitrogen and oxygen atoms in total. The van der Waals surface area contributed by atoms with Gasteiger partial charge in [-0.25, -0.2) is 13.8 Å². The average molecular weight is 346 g/mol. The first-order valence-corrected chi connectivity index (χ1v) is 8.16. The van der Waals surface area contributed by atoms with Gasteiger partial charge in [0, 0.05) is 24.9 Å². The van der Waals surface area contributed by atoms with E-state index in [-0.39, 0.29) is 17.8 Å². The van der Waals surface area contributed by atoms with Gasteiger partial charge in [-0.1, -0.05) is 13.8 Å². The minimum Gasteiger partial charge on any atom is -0.394 e. The van der Waals surface area contributed by atoms with Crippen molar-refractivity contribution in [2.24, 2.45) is 5.92 Å². The molecule has 0 amide bonds. The van der Waals surface area contributed by atoms with E-state index in [2.05, 4.69) is 18.8 Å². The number of nitrogen functional groups attached to an aromatic ring is 1. The third-order valence-corrected chi connectivity index (χ3v) is 4.16. The zero-order chi connectivity index (χ0) is 18.1. The van der Waals surface area contributed by atoms with Gasteiger partial charge in [-0.3, -0.25) is 4.79 Å². The van der Waals surface area contributed by atoms with E-state index < -0.39 is 11.6 Å². The molecule has 2 heterocycles. The Kier molecular flexibility index (Phi) is 4.57. The normalized spacial score (nSPS) is 11.6. The molecule has 3 aromatic rings. The molecule has 7 heteroatoms. The van der Waals surface area contributed by atoms with E-state index in [1.54, 1.807) is 12.3 Å². The van der Waals surface area contributed by atoms with Crippen LogP contribution in [0.5, 0.6) is 0 Å². The molecule has 132 valence electrons. The van der Waals surface area contributed by atoms with Gasteiger partial charge < -0.3 is 14.9 Å². The molecule has 0 aliphatic rings. The van der Waals surface area contributed by atoms with Gasteiger partial charge in [-0.05, 0) is 24.5 Å². The summed E-state index contributed by atoms with van der Waals surface area (Å²) in [7, 11) is 0. The minimum absolute atomic E-state index is 0.143. The number of nitrogens with two attached hydrogens (primary N) is 1. The summed E-state index contributed by atoms with van der Waals surface area (Å²) >= 11 is 0. The molecule has 0 fully saturated rings. The van der Waals surface area contributed by atoms with Gasteiger partial charge in [-0.15, -0.1) is 0 Å². The second kappa shape index (κ2) is 6.66. The Morgan fingerprint density at radius 3 is 2.68 bits per heavy atom. The molecule has 1 aromatic carbocycles. The molecule has 0 atom stereocenters. The number of aromatic nitrogens is 3. The summed E-state index contributed by atoms with van der Waals surface area (Å²) in [4.78, 5) is 16.6. The molecule has 3 rings (SSSR count). The molecule has 0 unspecified atom stereocenters. The van der Waals surface area contributed by atoms with Gasteiger partial charge in [-0.2, -0.15) is 0 Å². The third kappa shape index (κ3) is 3.40. The SMILES string of the molecule is CC(C)CCn1c(Cn2cccc(N)c2=O)nc2cc(F)c(F)cc21. The van der Waals surface area contributed by atoms with Gasteiger partial charge in [0.25, 0.3) is 5.56 Å². The number of hydrogen-bond donors (Lipinski definition) is 1. The van der Waals surface area contributed by atoms with Crippen LogP contribution >= 0.6 is 0 Å². The van der Waals surface area contributed by atoms with E-state index in [1.165, 1.54) is 10.6 Å². The van der Waals surface area contributed by atoms with Crippen molar-refractivity contribution >= 4 is 16.7 Å². The lowest BCUT2D eigenvalue weighted by Crippen LogP contribution is -2.24. The number of nitrogens with zero attached hydrogens (tertiary/aromatic N) is 3. The summed E-state index contributed by atoms with van der Waals surface area (Å²) in [6.45, 7) is 4.95. The van der Waals surface area contributed by atoms with Crippen LogP contribution in [0.2, 0.25) is 0 Å². The summed E-state index contributed by atoms with van der Waals surface area (Å²) in [5.74, 6) is -0.849. The van der Waals surface area contributed by atoms with E-state index in [9.17, 15) is 13.6 Å². The van der Waals surface area contributed by atoms with Crippen molar-refractivity contribution in [2.45, 2.75) is 33.4 Å². The maximum Gasteiger partial charge on any atom is 0.274 e. The Balaban J connectivity index is 2.10. The Labute approximate surface area is 143 Å². The molecular formula is C18H20F2N4O. The van der Waals surface area contributed by atoms with Gasteiger partial charge in [0.2, 0.25) is 0 Å². The van der Waals surface area contributed by atoms with Crippen LogP contribution in [0, 0.1) is 17.6 Å². The van der Waals surface area contributed by atoms with Crippen molar-refractivity contribution < 1.29 is 8.78 Å². The lowest BCUT2D eigenvalue weighted by atomic mass is 10.1. The first-order valence-electron chi connectivity index (χ1n) is 8.16. The van der Waals surface area contributed by atoms with Crippen molar-refractivity contribution in [3.63, 3.8) is 0 Å². The van der Waals surface area contributed by atoms with Crippen LogP contribution in [0.1, 0.15) is 26.1 Å². The summed E-state index contributed by atoms with van der Waals surface area (Å²) in [6, 6.07) is 5.45. The Hall–Kier alpha value is -2.70. The van der Waals surface area contributed by atoms with Gasteiger partial charge >= 0.3 is 0 Å². The standard InChI is InChI=1S/C18H20F2N4O/c1-11(2)5-7-24-16-9-13(20)12(19)8-15(16)22-17(24)10-23-6-3-4-14(21)18(23)25/h3-4,6,8-9,11H,5,7,10,21H2,1-2H3. The van der Waals surface area contributed by atoms with Crippen molar-refractivity contribution in [3.05, 3.63) is 58.3 Å². The number of imidazole rings is 1. The smallest absolute Gasteiger partial charge is 0.274 e. The number of rotatable bonds is 5. The maximum atomic E-state index is 13.7. The van der Waals surface area contributed by atoms with E-state index in [0.717, 1.165) is 18.6 Å². The van der Waals surface area contributed by atoms with E-state index in [4.69, 9.17) is 5.73 Å². The van der Waals surface area contributed by atoms with E-state index in [1.807, 2.05) is 4.57 Å². The maximum absolute atomic E-state index is 13.7. The number of benzene rings is 1. The number of pyridine rings is 1. The van der Waals surface area contributed by atoms with Crippen molar-refractivity contribution in [1.29, 1.82) is 0 Å². The number of anilines is 1. The summed E-state index contributed by atoms with van der Waals surface area (Å²) in [5, 5.41) is 0. The average Bonchev–Trinajstić information content (AvgIpc) is 2.86. The lowest BCUT2D eigenvalue weighted by Gasteiger charge is -2.12. The topological polar surface area (TPSA) is 65.8 Å². The molecule has 0 saturated carbocycles. The largest absolute Gasteiger partial charge is 0.394 e. The highest BCUT2D eigenvalue weighted by Crippen LogP contribution is 2.22. The second-order valence-corrected chi connectivity index (χ2v) is 6.51. The molecule has 0 aliphatic heterocycles. The van der Waals surface area contributed by atoms with Crippen molar-refractivity contribution in [3.8, 4) is 0 Å². The molecule has 0 radical (unpaired) electrons. The Morgan fingerprint density at radius 2 is 1.96 bits per heavy atom. The van der Waals surface area contributed by atoms with Crippen LogP contribution in [0.15, 0.2) is 35.3 Å². The molecule has 0 spiro atoms. The lowest BCUT2D eigenvalue weighted by molar-refractivity contribution is 0.501. The first kappa shape index (κ1) is 17.1. The highest BCUT2D eigenvalue weighted by Gasteiger charge is 2.15. The fourth-order valence-corrected chi connectivity index (χ4v) is 2.76. The van der Waals surface area contributed by atoms with Gasteiger partial charge in [0.05, 0.1) is 23.3 Å². The van der Waals surface area contributed by atoms with Crippen LogP contribution in [0.3, 0.4) is 0 Å². The van der Waals surface area contributed by atoms with E-state index >= 15 is 0 Å². The number of hydrogen-bond acceptors (Lipinski definition) is 3. The molecule has 0 bridgehead atoms. The molecule has 0 saturated heterocycles. The van der Waals surface area contributed by atoms with Crippen LogP contribution < -0.4 is 11.3 Å². The Morgan fingerprint density at radius 1 is 1.24 bits per heavy atom. The first-order chi connectivity index (χ1) is 11.9. The van der Waals surface area contributed by atoms with Crippen LogP contribution in [-0.2, 0) is 13.1 Å². The van der Waals surface area contributed by atoms with Gasteiger partial charge in [0.1, 0.15) is 5.82 Å². The zero-order valence-electron chi connectivity index (χ0n) is 14.2. The fraction of sp³-hybridized carbons (Fsp3) is 0.333. The van der Waals surface area contributed by atoms with Crippen LogP contribution in [0.25, 0.3) is 11.0 Å². The molecule has 0 aliphatic carbocycles. The highest BCUT2D eigenvalue weighted by atomic mass is 19.2. The molecule has 2 N–H and O–H groups in total. The van der Waals surface area contributed by atoms with Crippen molar-refractivity contribution in [2.75, 3.05) is 5.73 Å². The predicted molar refractivity (Wildman–Crippen MR) is 93.3 cm³/mol. The van der Waals surface area contributed by atoms with Crippen LogP contribution in [0.4, 0.5) is 14.5 Å². The highest BCUT2D eigenvalue weighted by molar-refractivity contribution is 5.76. The zero-order valence-corrected chi connectivity index (χ0v) is 14.2.